The van der Waals surface area contributed by atoms with Gasteiger partial charge >= 0.3 is 0 Å². The van der Waals surface area contributed by atoms with E-state index in [2.05, 4.69) is 50.2 Å². The summed E-state index contributed by atoms with van der Waals surface area (Å²) < 4.78 is 5.24. The first-order valence-electron chi connectivity index (χ1n) is 5.77. The third kappa shape index (κ3) is 2.56. The van der Waals surface area contributed by atoms with E-state index >= 15 is 0 Å². The summed E-state index contributed by atoms with van der Waals surface area (Å²) in [6, 6.07) is 10.2. The van der Waals surface area contributed by atoms with Crippen LogP contribution in [0, 0.1) is 0 Å². The van der Waals surface area contributed by atoms with E-state index in [1.807, 2.05) is 6.07 Å². The number of rotatable bonds is 2. The summed E-state index contributed by atoms with van der Waals surface area (Å²) in [4.78, 5) is 0. The lowest BCUT2D eigenvalue weighted by Gasteiger charge is -2.18. The van der Waals surface area contributed by atoms with Gasteiger partial charge in [-0.15, -0.1) is 0 Å². The molecule has 2 N–H and O–H groups in total. The second-order valence-corrected chi connectivity index (χ2v) is 5.21. The van der Waals surface area contributed by atoms with Crippen LogP contribution in [0.4, 0.5) is 0 Å². The highest BCUT2D eigenvalue weighted by atomic mass is 16.5. The number of benzene rings is 1. The monoisotopic (exact) mass is 230 g/mol. The van der Waals surface area contributed by atoms with Crippen molar-refractivity contribution in [2.45, 2.75) is 32.7 Å². The fourth-order valence-electron chi connectivity index (χ4n) is 1.68. The zero-order valence-electron chi connectivity index (χ0n) is 10.5. The Kier molecular flexibility index (Phi) is 3.03. The van der Waals surface area contributed by atoms with Crippen LogP contribution in [-0.2, 0) is 12.0 Å². The van der Waals surface area contributed by atoms with Gasteiger partial charge in [-0.3, -0.25) is 0 Å². The first-order valence-corrected chi connectivity index (χ1v) is 5.77. The molecule has 90 valence electrons. The SMILES string of the molecule is CC(C)(C)c1ccc(-c2cc(CN)no2)cc1. The molecule has 0 fully saturated rings. The second-order valence-electron chi connectivity index (χ2n) is 5.21. The van der Waals surface area contributed by atoms with Crippen molar-refractivity contribution in [1.82, 2.24) is 5.16 Å². The Morgan fingerprint density at radius 3 is 2.29 bits per heavy atom. The second kappa shape index (κ2) is 4.34. The van der Waals surface area contributed by atoms with Crippen molar-refractivity contribution in [2.24, 2.45) is 5.73 Å². The summed E-state index contributed by atoms with van der Waals surface area (Å²) in [6.45, 7) is 7.00. The Balaban J connectivity index is 2.29. The van der Waals surface area contributed by atoms with Crippen LogP contribution in [-0.4, -0.2) is 5.16 Å². The third-order valence-corrected chi connectivity index (χ3v) is 2.80. The van der Waals surface area contributed by atoms with Crippen molar-refractivity contribution >= 4 is 0 Å². The number of hydrogen-bond acceptors (Lipinski definition) is 3. The summed E-state index contributed by atoms with van der Waals surface area (Å²) in [7, 11) is 0. The minimum absolute atomic E-state index is 0.169. The van der Waals surface area contributed by atoms with Crippen molar-refractivity contribution in [3.63, 3.8) is 0 Å². The van der Waals surface area contributed by atoms with E-state index in [-0.39, 0.29) is 5.41 Å². The Hall–Kier alpha value is -1.61. The molecule has 1 aromatic heterocycles. The van der Waals surface area contributed by atoms with Crippen LogP contribution in [0.1, 0.15) is 32.0 Å². The van der Waals surface area contributed by atoms with Gasteiger partial charge in [0.15, 0.2) is 5.76 Å². The molecule has 0 amide bonds. The van der Waals surface area contributed by atoms with Crippen molar-refractivity contribution in [3.05, 3.63) is 41.6 Å². The number of aromatic nitrogens is 1. The van der Waals surface area contributed by atoms with E-state index in [4.69, 9.17) is 10.3 Å². The molecule has 0 aliphatic carbocycles. The minimum atomic E-state index is 0.169. The molecule has 3 nitrogen and oxygen atoms in total. The van der Waals surface area contributed by atoms with Gasteiger partial charge in [-0.25, -0.2) is 0 Å². The van der Waals surface area contributed by atoms with Crippen molar-refractivity contribution in [2.75, 3.05) is 0 Å². The molecule has 0 saturated carbocycles. The standard InChI is InChI=1S/C14H18N2O/c1-14(2,3)11-6-4-10(5-7-11)13-8-12(9-15)16-17-13/h4-8H,9,15H2,1-3H3. The van der Waals surface area contributed by atoms with Gasteiger partial charge in [0.25, 0.3) is 0 Å². The lowest BCUT2D eigenvalue weighted by atomic mass is 9.86. The first kappa shape index (κ1) is 11.9. The molecular formula is C14H18N2O. The molecule has 1 heterocycles. The highest BCUT2D eigenvalue weighted by Crippen LogP contribution is 2.26. The van der Waals surface area contributed by atoms with Crippen LogP contribution in [0.25, 0.3) is 11.3 Å². The topological polar surface area (TPSA) is 52.0 Å². The number of nitrogens with two attached hydrogens (primary N) is 1. The number of hydrogen-bond donors (Lipinski definition) is 1. The maximum absolute atomic E-state index is 5.50. The zero-order valence-corrected chi connectivity index (χ0v) is 10.5. The van der Waals surface area contributed by atoms with E-state index < -0.39 is 0 Å². The van der Waals surface area contributed by atoms with Crippen molar-refractivity contribution in [3.8, 4) is 11.3 Å². The van der Waals surface area contributed by atoms with Gasteiger partial charge in [0, 0.05) is 18.2 Å². The predicted molar refractivity (Wildman–Crippen MR) is 68.5 cm³/mol. The van der Waals surface area contributed by atoms with Gasteiger partial charge in [0.05, 0.1) is 5.69 Å². The quantitative estimate of drug-likeness (QED) is 0.862. The Labute approximate surface area is 102 Å². The molecule has 0 bridgehead atoms. The van der Waals surface area contributed by atoms with Crippen LogP contribution in [0.2, 0.25) is 0 Å². The van der Waals surface area contributed by atoms with Crippen LogP contribution >= 0.6 is 0 Å². The average molecular weight is 230 g/mol. The van der Waals surface area contributed by atoms with Crippen LogP contribution in [0.3, 0.4) is 0 Å². The maximum Gasteiger partial charge on any atom is 0.167 e. The zero-order chi connectivity index (χ0) is 12.5. The molecule has 2 aromatic rings. The van der Waals surface area contributed by atoms with Crippen molar-refractivity contribution in [1.29, 1.82) is 0 Å². The summed E-state index contributed by atoms with van der Waals surface area (Å²) in [6.07, 6.45) is 0. The molecule has 0 atom stereocenters. The summed E-state index contributed by atoms with van der Waals surface area (Å²) in [5.41, 5.74) is 8.78. The van der Waals surface area contributed by atoms with Gasteiger partial charge in [-0.05, 0) is 11.0 Å². The van der Waals surface area contributed by atoms with E-state index in [9.17, 15) is 0 Å². The molecule has 2 rings (SSSR count). The molecule has 1 aromatic carbocycles. The lowest BCUT2D eigenvalue weighted by Crippen LogP contribution is -2.10. The molecule has 0 aliphatic rings. The van der Waals surface area contributed by atoms with E-state index in [1.54, 1.807) is 0 Å². The normalized spacial score (nSPS) is 11.8. The largest absolute Gasteiger partial charge is 0.356 e. The molecule has 3 heteroatoms. The van der Waals surface area contributed by atoms with Gasteiger partial charge < -0.3 is 10.3 Å². The summed E-state index contributed by atoms with van der Waals surface area (Å²) >= 11 is 0. The van der Waals surface area contributed by atoms with E-state index in [1.165, 1.54) is 5.56 Å². The molecule has 0 unspecified atom stereocenters. The Morgan fingerprint density at radius 1 is 1.18 bits per heavy atom. The molecule has 0 radical (unpaired) electrons. The van der Waals surface area contributed by atoms with Gasteiger partial charge in [-0.2, -0.15) is 0 Å². The predicted octanol–water partition coefficient (Wildman–Crippen LogP) is 3.10. The minimum Gasteiger partial charge on any atom is -0.356 e. The van der Waals surface area contributed by atoms with Gasteiger partial charge in [0.1, 0.15) is 0 Å². The van der Waals surface area contributed by atoms with E-state index in [0.717, 1.165) is 17.0 Å². The Bertz CT molecular complexity index is 492. The maximum atomic E-state index is 5.50. The smallest absolute Gasteiger partial charge is 0.167 e. The lowest BCUT2D eigenvalue weighted by molar-refractivity contribution is 0.424. The summed E-state index contributed by atoms with van der Waals surface area (Å²) in [5, 5.41) is 3.88. The van der Waals surface area contributed by atoms with Crippen LogP contribution in [0.5, 0.6) is 0 Å². The number of nitrogens with zero attached hydrogens (tertiary/aromatic N) is 1. The highest BCUT2D eigenvalue weighted by molar-refractivity contribution is 5.58. The summed E-state index contributed by atoms with van der Waals surface area (Å²) in [5.74, 6) is 0.769. The molecular weight excluding hydrogens is 212 g/mol. The highest BCUT2D eigenvalue weighted by Gasteiger charge is 2.13. The van der Waals surface area contributed by atoms with Gasteiger partial charge in [0.2, 0.25) is 0 Å². The molecule has 17 heavy (non-hydrogen) atoms. The molecule has 0 spiro atoms. The van der Waals surface area contributed by atoms with Crippen LogP contribution in [0.15, 0.2) is 34.9 Å². The fourth-order valence-corrected chi connectivity index (χ4v) is 1.68. The fraction of sp³-hybridized carbons (Fsp3) is 0.357. The van der Waals surface area contributed by atoms with Gasteiger partial charge in [-0.1, -0.05) is 50.2 Å². The molecule has 0 saturated heterocycles. The van der Waals surface area contributed by atoms with Crippen LogP contribution < -0.4 is 5.73 Å². The Morgan fingerprint density at radius 2 is 1.82 bits per heavy atom. The first-order chi connectivity index (χ1) is 8.00. The van der Waals surface area contributed by atoms with Crippen molar-refractivity contribution < 1.29 is 4.52 Å². The average Bonchev–Trinajstić information content (AvgIpc) is 2.76. The van der Waals surface area contributed by atoms with E-state index in [0.29, 0.717) is 6.54 Å². The third-order valence-electron chi connectivity index (χ3n) is 2.80. The molecule has 0 aliphatic heterocycles.